The molecule has 2 aromatic heterocycles. The third kappa shape index (κ3) is 9.49. The van der Waals surface area contributed by atoms with Crippen LogP contribution in [0.3, 0.4) is 0 Å². The number of aromatic hydroxyl groups is 1. The van der Waals surface area contributed by atoms with Crippen LogP contribution < -0.4 is 0 Å². The molecule has 0 amide bonds. The van der Waals surface area contributed by atoms with Crippen molar-refractivity contribution < 1.29 is 7.85 Å². The van der Waals surface area contributed by atoms with E-state index in [4.69, 9.17) is 12.7 Å². The third-order valence-corrected chi connectivity index (χ3v) is 13.7. The highest BCUT2D eigenvalue weighted by atomic mass is 16.3. The van der Waals surface area contributed by atoms with Gasteiger partial charge in [0.1, 0.15) is 11.6 Å². The van der Waals surface area contributed by atoms with Crippen LogP contribution in [-0.4, -0.2) is 19.6 Å². The van der Waals surface area contributed by atoms with Crippen LogP contribution in [0.25, 0.3) is 83.9 Å². The van der Waals surface area contributed by atoms with E-state index in [9.17, 15) is 5.11 Å². The second-order valence-corrected chi connectivity index (χ2v) is 22.6. The van der Waals surface area contributed by atoms with Gasteiger partial charge in [-0.2, -0.15) is 0 Å². The van der Waals surface area contributed by atoms with Gasteiger partial charge in [-0.3, -0.25) is 9.55 Å². The molecule has 0 atom stereocenters. The molecule has 4 heteroatoms. The Morgan fingerprint density at radius 1 is 0.471 bits per heavy atom. The molecule has 0 aliphatic carbocycles. The van der Waals surface area contributed by atoms with Gasteiger partial charge in [0.25, 0.3) is 0 Å². The van der Waals surface area contributed by atoms with Crippen LogP contribution >= 0.6 is 0 Å². The fourth-order valence-corrected chi connectivity index (χ4v) is 9.48. The summed E-state index contributed by atoms with van der Waals surface area (Å²) in [6.07, 6.45) is 1.86. The van der Waals surface area contributed by atoms with Crippen LogP contribution in [-0.2, 0) is 16.2 Å². The summed E-state index contributed by atoms with van der Waals surface area (Å²) in [4.78, 5) is 10.7. The normalized spacial score (nSPS) is 13.1. The zero-order chi connectivity index (χ0) is 51.7. The molecule has 0 saturated carbocycles. The van der Waals surface area contributed by atoms with Crippen molar-refractivity contribution in [1.29, 1.82) is 0 Å². The van der Waals surface area contributed by atoms with Gasteiger partial charge < -0.3 is 5.11 Å². The molecule has 4 nitrogen and oxygen atoms in total. The minimum absolute atomic E-state index is 0.101. The van der Waals surface area contributed by atoms with Crippen molar-refractivity contribution >= 4 is 11.0 Å². The highest BCUT2D eigenvalue weighted by molar-refractivity contribution is 5.98. The van der Waals surface area contributed by atoms with E-state index in [0.29, 0.717) is 11.4 Å². The lowest BCUT2D eigenvalue weighted by Gasteiger charge is -2.28. The maximum atomic E-state index is 12.6. The van der Waals surface area contributed by atoms with Gasteiger partial charge in [0.2, 0.25) is 0 Å². The van der Waals surface area contributed by atoms with Crippen molar-refractivity contribution in [2.24, 2.45) is 0 Å². The lowest BCUT2D eigenvalue weighted by molar-refractivity contribution is 0.446. The summed E-state index contributed by atoms with van der Waals surface area (Å²) in [5.41, 5.74) is 17.5. The summed E-state index contributed by atoms with van der Waals surface area (Å²) in [6.45, 7) is 27.5. The summed E-state index contributed by atoms with van der Waals surface area (Å²) in [7, 11) is 0. The monoisotopic (exact) mass is 922 g/mol. The second kappa shape index (κ2) is 18.4. The molecule has 0 aliphatic rings. The molecule has 0 aliphatic heterocycles. The summed E-state index contributed by atoms with van der Waals surface area (Å²) >= 11 is 0. The van der Waals surface area contributed by atoms with E-state index in [0.717, 1.165) is 94.7 Å². The quantitative estimate of drug-likeness (QED) is 0.157. The van der Waals surface area contributed by atoms with Gasteiger partial charge >= 0.3 is 0 Å². The van der Waals surface area contributed by atoms with E-state index in [2.05, 4.69) is 206 Å². The van der Waals surface area contributed by atoms with Crippen molar-refractivity contribution in [2.75, 3.05) is 0 Å². The van der Waals surface area contributed by atoms with Crippen LogP contribution in [0, 0.1) is 0 Å². The van der Waals surface area contributed by atoms with Gasteiger partial charge in [-0.15, -0.1) is 0 Å². The second-order valence-electron chi connectivity index (χ2n) is 22.6. The Hall–Kier alpha value is -7.04. The molecule has 0 bridgehead atoms. The molecule has 0 spiro atoms. The summed E-state index contributed by atoms with van der Waals surface area (Å²) in [5, 5.41) is 12.6. The molecule has 0 radical (unpaired) electrons. The van der Waals surface area contributed by atoms with E-state index >= 15 is 0 Å². The molecule has 354 valence electrons. The van der Waals surface area contributed by atoms with Crippen molar-refractivity contribution in [3.05, 3.63) is 192 Å². The number of phenols is 1. The van der Waals surface area contributed by atoms with Crippen LogP contribution in [0.15, 0.2) is 164 Å². The number of benzene rings is 7. The number of aromatic nitrogens is 3. The Morgan fingerprint density at radius 3 is 1.67 bits per heavy atom. The highest BCUT2D eigenvalue weighted by Gasteiger charge is 2.30. The summed E-state index contributed by atoms with van der Waals surface area (Å²) in [6, 6.07) is 55.6. The zero-order valence-electron chi connectivity index (χ0n) is 45.4. The number of imidazole rings is 1. The molecule has 7 aromatic carbocycles. The predicted molar refractivity (Wildman–Crippen MR) is 297 cm³/mol. The number of pyridine rings is 1. The van der Waals surface area contributed by atoms with E-state index < -0.39 is 11.8 Å². The predicted octanol–water partition coefficient (Wildman–Crippen LogP) is 18.3. The molecule has 0 unspecified atom stereocenters. The molecular weight excluding hydrogens is 851 g/mol. The molecule has 9 rings (SSSR count). The Bertz CT molecular complexity index is 3450. The molecule has 0 saturated heterocycles. The number of phenolic OH excluding ortho intramolecular Hbond substituents is 1. The van der Waals surface area contributed by atoms with Gasteiger partial charge in [0, 0.05) is 31.2 Å². The number of nitrogens with zero attached hydrogens (tertiary/aromatic N) is 3. The third-order valence-electron chi connectivity index (χ3n) is 13.7. The van der Waals surface area contributed by atoms with Crippen molar-refractivity contribution in [2.45, 2.75) is 118 Å². The fraction of sp³-hybridized carbons (Fsp3) is 0.273. The van der Waals surface area contributed by atoms with E-state index in [1.807, 2.05) is 52.1 Å². The van der Waals surface area contributed by atoms with Crippen molar-refractivity contribution in [3.8, 4) is 78.6 Å². The maximum Gasteiger partial charge on any atom is 0.149 e. The highest BCUT2D eigenvalue weighted by Crippen LogP contribution is 2.46. The first-order valence-electron chi connectivity index (χ1n) is 25.7. The first-order valence-corrected chi connectivity index (χ1v) is 24.7. The number of rotatable bonds is 9. The molecule has 1 N–H and O–H groups in total. The smallest absolute Gasteiger partial charge is 0.149 e. The summed E-state index contributed by atoms with van der Waals surface area (Å²) in [5.74, 6) is -0.800. The zero-order valence-corrected chi connectivity index (χ0v) is 43.4. The minimum Gasteiger partial charge on any atom is -0.507 e. The Balaban J connectivity index is 1.34. The van der Waals surface area contributed by atoms with Crippen LogP contribution in [0.2, 0.25) is 0 Å². The van der Waals surface area contributed by atoms with Crippen molar-refractivity contribution in [1.82, 2.24) is 14.5 Å². The molecule has 2 heterocycles. The number of fused-ring (bicyclic) bond motifs is 1. The van der Waals surface area contributed by atoms with E-state index in [1.165, 1.54) is 5.56 Å². The topological polar surface area (TPSA) is 50.9 Å². The lowest BCUT2D eigenvalue weighted by atomic mass is 9.79. The number of hydrogen-bond acceptors (Lipinski definition) is 3. The van der Waals surface area contributed by atoms with Gasteiger partial charge in [0.15, 0.2) is 0 Å². The first-order chi connectivity index (χ1) is 33.8. The number of hydrogen-bond donors (Lipinski definition) is 1. The fourth-order valence-electron chi connectivity index (χ4n) is 9.48. The van der Waals surface area contributed by atoms with Gasteiger partial charge in [-0.05, 0) is 138 Å². The average molecular weight is 922 g/mol. The maximum absolute atomic E-state index is 12.6. The minimum atomic E-state index is -0.847. The van der Waals surface area contributed by atoms with Crippen LogP contribution in [0.1, 0.15) is 132 Å². The lowest BCUT2D eigenvalue weighted by Crippen LogP contribution is -2.17. The Kier molecular flexibility index (Phi) is 11.9. The molecule has 70 heavy (non-hydrogen) atoms. The first kappa shape index (κ1) is 45.4. The van der Waals surface area contributed by atoms with Gasteiger partial charge in [0.05, 0.1) is 28.0 Å². The van der Waals surface area contributed by atoms with Crippen LogP contribution in [0.4, 0.5) is 0 Å². The van der Waals surface area contributed by atoms with Gasteiger partial charge in [-0.1, -0.05) is 193 Å². The Labute approximate surface area is 420 Å². The molecular formula is C66H69N3O. The number of para-hydroxylation sites is 1. The summed E-state index contributed by atoms with van der Waals surface area (Å²) < 4.78 is 20.2. The van der Waals surface area contributed by atoms with E-state index in [-0.39, 0.29) is 22.0 Å². The molecule has 9 aromatic rings. The van der Waals surface area contributed by atoms with Crippen molar-refractivity contribution in [3.63, 3.8) is 0 Å². The SMILES string of the molecule is [2H]C(C)(C)c1cc(-c2ccnc(-c3cc(-c4ccccc4)cc(-c4cccc5c4nc(-c4cc(C(C)(C)C)cc(C(C)(C)C)c4O)n5-c4ccc(C(C)(C)C)cc4-c4ccccc4)c3)c2)cc(C([2H])(C)C)c1. The van der Waals surface area contributed by atoms with Gasteiger partial charge in [-0.25, -0.2) is 4.98 Å². The average Bonchev–Trinajstić information content (AvgIpc) is 3.72. The standard InChI is InChI=1S/C66H69N3O/c1-41(2)46-31-47(42(3)4)33-49(32-46)45-29-30-67-58(37-45)51-35-48(43-21-16-14-17-22-43)34-50(36-51)54-25-20-26-60-61(54)68-63(56-39-53(65(8,9)10)40-57(62(56)70)66(11,12)13)69(60)59-28-27-52(64(5,6)7)38-55(59)44-23-18-15-19-24-44/h14-42,70H,1-13H3/i41D,42D. The molecule has 0 fully saturated rings. The Morgan fingerprint density at radius 2 is 1.06 bits per heavy atom. The largest absolute Gasteiger partial charge is 0.507 e. The van der Waals surface area contributed by atoms with E-state index in [1.54, 1.807) is 0 Å². The van der Waals surface area contributed by atoms with Crippen LogP contribution in [0.5, 0.6) is 5.75 Å².